The van der Waals surface area contributed by atoms with E-state index in [-0.39, 0.29) is 11.9 Å². The second-order valence-electron chi connectivity index (χ2n) is 7.55. The Labute approximate surface area is 179 Å². The van der Waals surface area contributed by atoms with E-state index in [9.17, 15) is 4.79 Å². The smallest absolute Gasteiger partial charge is 0.240 e. The topological polar surface area (TPSA) is 64.0 Å². The fourth-order valence-corrected chi connectivity index (χ4v) is 4.17. The summed E-state index contributed by atoms with van der Waals surface area (Å²) in [7, 11) is 0. The van der Waals surface area contributed by atoms with Gasteiger partial charge in [-0.05, 0) is 24.6 Å². The molecule has 1 atom stereocenters. The highest BCUT2D eigenvalue weighted by Crippen LogP contribution is 2.40. The first-order chi connectivity index (χ1) is 14.5. The number of carbonyl (C=O) groups is 1. The molecule has 2 aliphatic rings. The number of ether oxygens (including phenoxy) is 2. The van der Waals surface area contributed by atoms with E-state index in [1.54, 1.807) is 0 Å². The Kier molecular flexibility index (Phi) is 4.59. The molecule has 0 aliphatic carbocycles. The van der Waals surface area contributed by atoms with Crippen molar-refractivity contribution in [2.24, 2.45) is 5.10 Å². The number of amides is 1. The number of pyridine rings is 1. The Morgan fingerprint density at radius 3 is 2.50 bits per heavy atom. The molecule has 2 aromatic carbocycles. The number of aryl methyl sites for hydroxylation is 1. The van der Waals surface area contributed by atoms with Crippen LogP contribution in [0.1, 0.15) is 36.1 Å². The summed E-state index contributed by atoms with van der Waals surface area (Å²) in [6, 6.07) is 13.5. The predicted molar refractivity (Wildman–Crippen MR) is 115 cm³/mol. The van der Waals surface area contributed by atoms with Gasteiger partial charge in [0.2, 0.25) is 5.91 Å². The lowest BCUT2D eigenvalue weighted by molar-refractivity contribution is -0.130. The zero-order chi connectivity index (χ0) is 20.8. The van der Waals surface area contributed by atoms with E-state index >= 15 is 0 Å². The lowest BCUT2D eigenvalue weighted by atomic mass is 9.98. The maximum atomic E-state index is 12.3. The third-order valence-corrected chi connectivity index (χ3v) is 5.74. The molecule has 0 fully saturated rings. The van der Waals surface area contributed by atoms with Gasteiger partial charge in [0, 0.05) is 30.4 Å². The highest BCUT2D eigenvalue weighted by molar-refractivity contribution is 6.30. The number of rotatable bonds is 2. The van der Waals surface area contributed by atoms with Gasteiger partial charge >= 0.3 is 0 Å². The maximum Gasteiger partial charge on any atom is 0.240 e. The van der Waals surface area contributed by atoms with E-state index in [0.717, 1.165) is 27.7 Å². The van der Waals surface area contributed by atoms with Gasteiger partial charge in [-0.15, -0.1) is 0 Å². The molecule has 0 radical (unpaired) electrons. The van der Waals surface area contributed by atoms with Gasteiger partial charge in [0.25, 0.3) is 0 Å². The Morgan fingerprint density at radius 1 is 1.10 bits per heavy atom. The van der Waals surface area contributed by atoms with E-state index in [4.69, 9.17) is 21.1 Å². The van der Waals surface area contributed by atoms with Crippen molar-refractivity contribution in [2.75, 3.05) is 13.2 Å². The van der Waals surface area contributed by atoms with E-state index in [1.807, 2.05) is 49.4 Å². The first kappa shape index (κ1) is 18.9. The monoisotopic (exact) mass is 421 g/mol. The summed E-state index contributed by atoms with van der Waals surface area (Å²) in [5.74, 6) is 1.22. The lowest BCUT2D eigenvalue weighted by Crippen LogP contribution is -2.24. The Balaban J connectivity index is 1.55. The fourth-order valence-electron chi connectivity index (χ4n) is 3.90. The van der Waals surface area contributed by atoms with Crippen LogP contribution >= 0.6 is 11.6 Å². The van der Waals surface area contributed by atoms with Gasteiger partial charge in [-0.3, -0.25) is 4.79 Å². The molecule has 1 unspecified atom stereocenters. The number of hydrazone groups is 1. The van der Waals surface area contributed by atoms with Crippen molar-refractivity contribution in [3.63, 3.8) is 0 Å². The molecule has 2 aliphatic heterocycles. The lowest BCUT2D eigenvalue weighted by Gasteiger charge is -2.22. The standard InChI is InChI=1S/C23H20ClN3O3/c1-13-3-5-15(6-4-13)19-11-20(27(26-19)14(2)28)17-9-16-10-21-22(30-8-7-29-21)12-18(16)25-23(17)24/h3-6,9-10,12,20H,7-8,11H2,1-2H3. The number of halogens is 1. The van der Waals surface area contributed by atoms with Crippen molar-refractivity contribution in [3.05, 3.63) is 64.3 Å². The van der Waals surface area contributed by atoms with Gasteiger partial charge in [-0.1, -0.05) is 41.4 Å². The van der Waals surface area contributed by atoms with E-state index in [1.165, 1.54) is 17.5 Å². The Hall–Kier alpha value is -3.12. The number of carbonyl (C=O) groups excluding carboxylic acids is 1. The molecule has 30 heavy (non-hydrogen) atoms. The van der Waals surface area contributed by atoms with E-state index < -0.39 is 0 Å². The predicted octanol–water partition coefficient (Wildman–Crippen LogP) is 4.67. The molecule has 0 saturated heterocycles. The first-order valence-electron chi connectivity index (χ1n) is 9.84. The molecule has 0 spiro atoms. The van der Waals surface area contributed by atoms with Crippen LogP contribution in [0.15, 0.2) is 47.6 Å². The van der Waals surface area contributed by atoms with Crippen LogP contribution in [-0.2, 0) is 4.79 Å². The Bertz CT molecular complexity index is 1190. The maximum absolute atomic E-state index is 12.3. The number of nitrogens with zero attached hydrogens (tertiary/aromatic N) is 3. The first-order valence-corrected chi connectivity index (χ1v) is 10.2. The summed E-state index contributed by atoms with van der Waals surface area (Å²) >= 11 is 6.58. The number of hydrogen-bond acceptors (Lipinski definition) is 5. The number of fused-ring (bicyclic) bond motifs is 2. The SMILES string of the molecule is CC(=O)N1N=C(c2ccc(C)cc2)CC1c1cc2cc3c(cc2nc1Cl)OCCO3. The van der Waals surface area contributed by atoms with Crippen LogP contribution in [0, 0.1) is 6.92 Å². The summed E-state index contributed by atoms with van der Waals surface area (Å²) in [5.41, 5.74) is 4.52. The normalized spacial score (nSPS) is 17.9. The van der Waals surface area contributed by atoms with E-state index in [2.05, 4.69) is 10.1 Å². The van der Waals surface area contributed by atoms with Gasteiger partial charge < -0.3 is 9.47 Å². The van der Waals surface area contributed by atoms with Gasteiger partial charge in [0.1, 0.15) is 18.4 Å². The zero-order valence-corrected chi connectivity index (χ0v) is 17.4. The van der Waals surface area contributed by atoms with Crippen LogP contribution in [0.2, 0.25) is 5.15 Å². The third kappa shape index (κ3) is 3.27. The highest BCUT2D eigenvalue weighted by atomic mass is 35.5. The van der Waals surface area contributed by atoms with Crippen molar-refractivity contribution >= 4 is 34.1 Å². The molecule has 1 aromatic heterocycles. The summed E-state index contributed by atoms with van der Waals surface area (Å²) in [6.07, 6.45) is 0.570. The van der Waals surface area contributed by atoms with Gasteiger partial charge in [0.05, 0.1) is 17.3 Å². The second-order valence-corrected chi connectivity index (χ2v) is 7.91. The summed E-state index contributed by atoms with van der Waals surface area (Å²) in [4.78, 5) is 16.9. The molecule has 5 rings (SSSR count). The molecule has 6 nitrogen and oxygen atoms in total. The summed E-state index contributed by atoms with van der Waals surface area (Å²) in [5, 5.41) is 7.35. The summed E-state index contributed by atoms with van der Waals surface area (Å²) < 4.78 is 11.3. The third-order valence-electron chi connectivity index (χ3n) is 5.44. The van der Waals surface area contributed by atoms with Crippen LogP contribution in [0.3, 0.4) is 0 Å². The molecule has 0 N–H and O–H groups in total. The fraction of sp³-hybridized carbons (Fsp3) is 0.261. The molecule has 0 bridgehead atoms. The highest BCUT2D eigenvalue weighted by Gasteiger charge is 2.33. The largest absolute Gasteiger partial charge is 0.486 e. The number of benzene rings is 2. The molecular formula is C23H20ClN3O3. The van der Waals surface area contributed by atoms with Gasteiger partial charge in [-0.25, -0.2) is 9.99 Å². The van der Waals surface area contributed by atoms with Crippen molar-refractivity contribution in [1.29, 1.82) is 0 Å². The Morgan fingerprint density at radius 2 is 1.80 bits per heavy atom. The summed E-state index contributed by atoms with van der Waals surface area (Å²) in [6.45, 7) is 4.58. The van der Waals surface area contributed by atoms with Crippen LogP contribution in [-0.4, -0.2) is 34.8 Å². The second kappa shape index (κ2) is 7.29. The molecule has 3 aromatic rings. The average Bonchev–Trinajstić information content (AvgIpc) is 3.18. The van der Waals surface area contributed by atoms with Crippen molar-refractivity contribution in [2.45, 2.75) is 26.3 Å². The average molecular weight is 422 g/mol. The van der Waals surface area contributed by atoms with Crippen LogP contribution < -0.4 is 9.47 Å². The molecule has 3 heterocycles. The van der Waals surface area contributed by atoms with Gasteiger partial charge in [0.15, 0.2) is 11.5 Å². The molecule has 152 valence electrons. The van der Waals surface area contributed by atoms with Crippen LogP contribution in [0.4, 0.5) is 0 Å². The number of hydrogen-bond donors (Lipinski definition) is 0. The van der Waals surface area contributed by atoms with E-state index in [0.29, 0.717) is 36.3 Å². The minimum atomic E-state index is -0.309. The molecule has 7 heteroatoms. The number of aromatic nitrogens is 1. The molecule has 1 amide bonds. The van der Waals surface area contributed by atoms with Crippen LogP contribution in [0.25, 0.3) is 10.9 Å². The van der Waals surface area contributed by atoms with Crippen molar-refractivity contribution in [3.8, 4) is 11.5 Å². The zero-order valence-electron chi connectivity index (χ0n) is 16.7. The van der Waals surface area contributed by atoms with Gasteiger partial charge in [-0.2, -0.15) is 5.10 Å². The quantitative estimate of drug-likeness (QED) is 0.564. The molecular weight excluding hydrogens is 402 g/mol. The minimum absolute atomic E-state index is 0.138. The minimum Gasteiger partial charge on any atom is -0.486 e. The molecule has 0 saturated carbocycles. The van der Waals surface area contributed by atoms with Crippen molar-refractivity contribution in [1.82, 2.24) is 9.99 Å². The van der Waals surface area contributed by atoms with Crippen molar-refractivity contribution < 1.29 is 14.3 Å². The van der Waals surface area contributed by atoms with Crippen LogP contribution in [0.5, 0.6) is 11.5 Å².